The maximum atomic E-state index is 10.1. The number of guanidine groups is 1. The van der Waals surface area contributed by atoms with Gasteiger partial charge in [-0.3, -0.25) is 4.99 Å². The van der Waals surface area contributed by atoms with Gasteiger partial charge in [0.25, 0.3) is 0 Å². The van der Waals surface area contributed by atoms with Crippen LogP contribution in [0.3, 0.4) is 0 Å². The van der Waals surface area contributed by atoms with Crippen LogP contribution in [0.15, 0.2) is 46.0 Å². The minimum absolute atomic E-state index is 0. The van der Waals surface area contributed by atoms with E-state index in [0.717, 1.165) is 54.0 Å². The fourth-order valence-electron chi connectivity index (χ4n) is 3.23. The minimum atomic E-state index is -0.756. The van der Waals surface area contributed by atoms with Crippen LogP contribution in [-0.4, -0.2) is 49.9 Å². The normalized spacial score (nSPS) is 12.3. The van der Waals surface area contributed by atoms with Crippen molar-refractivity contribution in [1.82, 2.24) is 15.6 Å². The number of ether oxygens (including phenoxy) is 2. The SMILES string of the molecule is CCNC(=NCC(O)c1ccco1)NCCCc1cc2c(OC)cc(OC)cc2[nH]1.I. The fraction of sp³-hybridized carbons (Fsp3) is 0.409. The van der Waals surface area contributed by atoms with Crippen LogP contribution in [0.5, 0.6) is 11.5 Å². The van der Waals surface area contributed by atoms with Crippen molar-refractivity contribution in [3.8, 4) is 11.5 Å². The number of nitrogens with zero attached hydrogens (tertiary/aromatic N) is 1. The molecular weight excluding hydrogens is 511 g/mol. The van der Waals surface area contributed by atoms with Gasteiger partial charge >= 0.3 is 0 Å². The van der Waals surface area contributed by atoms with E-state index in [1.165, 1.54) is 0 Å². The lowest BCUT2D eigenvalue weighted by Gasteiger charge is -2.12. The van der Waals surface area contributed by atoms with Crippen LogP contribution in [0.2, 0.25) is 0 Å². The zero-order chi connectivity index (χ0) is 21.3. The number of nitrogens with one attached hydrogen (secondary N) is 3. The first-order valence-corrected chi connectivity index (χ1v) is 10.1. The van der Waals surface area contributed by atoms with Crippen molar-refractivity contribution >= 4 is 40.8 Å². The Labute approximate surface area is 199 Å². The molecule has 2 aromatic heterocycles. The summed E-state index contributed by atoms with van der Waals surface area (Å²) in [5.74, 6) is 2.74. The van der Waals surface area contributed by atoms with Crippen molar-refractivity contribution in [3.63, 3.8) is 0 Å². The first kappa shape index (κ1) is 24.9. The summed E-state index contributed by atoms with van der Waals surface area (Å²) in [6.45, 7) is 3.73. The number of fused-ring (bicyclic) bond motifs is 1. The van der Waals surface area contributed by atoms with Gasteiger partial charge in [-0.05, 0) is 38.0 Å². The van der Waals surface area contributed by atoms with E-state index < -0.39 is 6.10 Å². The van der Waals surface area contributed by atoms with Gasteiger partial charge in [-0.2, -0.15) is 0 Å². The van der Waals surface area contributed by atoms with E-state index >= 15 is 0 Å². The summed E-state index contributed by atoms with van der Waals surface area (Å²) in [7, 11) is 3.31. The Morgan fingerprint density at radius 3 is 2.74 bits per heavy atom. The number of H-pyrrole nitrogens is 1. The van der Waals surface area contributed by atoms with Crippen molar-refractivity contribution in [3.05, 3.63) is 48.0 Å². The highest BCUT2D eigenvalue weighted by molar-refractivity contribution is 14.0. The van der Waals surface area contributed by atoms with E-state index in [4.69, 9.17) is 13.9 Å². The smallest absolute Gasteiger partial charge is 0.191 e. The maximum absolute atomic E-state index is 10.1. The number of hydrogen-bond acceptors (Lipinski definition) is 5. The Hall–Kier alpha value is -2.40. The van der Waals surface area contributed by atoms with E-state index in [1.54, 1.807) is 32.6 Å². The Kier molecular flexibility index (Phi) is 9.99. The lowest BCUT2D eigenvalue weighted by Crippen LogP contribution is -2.38. The topological polar surface area (TPSA) is 104 Å². The number of aromatic amines is 1. The standard InChI is InChI=1S/C22H30N4O4.HI/c1-4-23-22(25-14-19(27)20-8-6-10-30-20)24-9-5-7-15-11-17-18(26-15)12-16(28-2)13-21(17)29-3;/h6,8,10-13,19,26-27H,4-5,7,9,14H2,1-3H3,(H2,23,24,25);1H. The van der Waals surface area contributed by atoms with Crippen LogP contribution in [0.1, 0.15) is 30.9 Å². The molecular formula is C22H31IN4O4. The van der Waals surface area contributed by atoms with Crippen molar-refractivity contribution < 1.29 is 19.0 Å². The van der Waals surface area contributed by atoms with Gasteiger partial charge < -0.3 is 34.6 Å². The largest absolute Gasteiger partial charge is 0.497 e. The monoisotopic (exact) mass is 542 g/mol. The molecule has 2 heterocycles. The average molecular weight is 542 g/mol. The number of rotatable bonds is 10. The number of aliphatic imine (C=N–C) groups is 1. The van der Waals surface area contributed by atoms with E-state index in [2.05, 4.69) is 26.7 Å². The van der Waals surface area contributed by atoms with Gasteiger partial charge in [0.05, 0.1) is 32.5 Å². The van der Waals surface area contributed by atoms with Crippen LogP contribution in [0.25, 0.3) is 10.9 Å². The van der Waals surface area contributed by atoms with Crippen LogP contribution >= 0.6 is 24.0 Å². The van der Waals surface area contributed by atoms with Crippen molar-refractivity contribution in [2.24, 2.45) is 4.99 Å². The molecule has 0 fully saturated rings. The summed E-state index contributed by atoms with van der Waals surface area (Å²) < 4.78 is 16.0. The molecule has 8 nitrogen and oxygen atoms in total. The molecule has 170 valence electrons. The Balaban J connectivity index is 0.00000341. The summed E-state index contributed by atoms with van der Waals surface area (Å²) in [6.07, 6.45) is 2.58. The lowest BCUT2D eigenvalue weighted by molar-refractivity contribution is 0.158. The van der Waals surface area contributed by atoms with Crippen LogP contribution in [0.4, 0.5) is 0 Å². The van der Waals surface area contributed by atoms with Gasteiger partial charge in [0.2, 0.25) is 0 Å². The Morgan fingerprint density at radius 2 is 2.06 bits per heavy atom. The molecule has 4 N–H and O–H groups in total. The number of aromatic nitrogens is 1. The number of halogens is 1. The number of aliphatic hydroxyl groups is 1. The van der Waals surface area contributed by atoms with E-state index in [9.17, 15) is 5.11 Å². The molecule has 0 bridgehead atoms. The molecule has 31 heavy (non-hydrogen) atoms. The molecule has 0 saturated carbocycles. The first-order valence-electron chi connectivity index (χ1n) is 10.1. The van der Waals surface area contributed by atoms with Crippen molar-refractivity contribution in [1.29, 1.82) is 0 Å². The van der Waals surface area contributed by atoms with Gasteiger partial charge in [-0.1, -0.05) is 0 Å². The third kappa shape index (κ3) is 6.79. The second kappa shape index (κ2) is 12.5. The first-order chi connectivity index (χ1) is 14.6. The quantitative estimate of drug-likeness (QED) is 0.135. The van der Waals surface area contributed by atoms with E-state index in [-0.39, 0.29) is 30.5 Å². The summed E-state index contributed by atoms with van der Waals surface area (Å²) in [5, 5.41) is 17.7. The number of aryl methyl sites for hydroxylation is 1. The van der Waals surface area contributed by atoms with Crippen LogP contribution in [-0.2, 0) is 6.42 Å². The van der Waals surface area contributed by atoms with Gasteiger partial charge in [-0.25, -0.2) is 0 Å². The van der Waals surface area contributed by atoms with Gasteiger partial charge in [0, 0.05) is 36.3 Å². The number of aliphatic hydroxyl groups excluding tert-OH is 1. The third-order valence-corrected chi connectivity index (χ3v) is 4.74. The molecule has 0 spiro atoms. The summed E-state index contributed by atoms with van der Waals surface area (Å²) >= 11 is 0. The van der Waals surface area contributed by atoms with Crippen LogP contribution < -0.4 is 20.1 Å². The number of hydrogen-bond donors (Lipinski definition) is 4. The predicted molar refractivity (Wildman–Crippen MR) is 133 cm³/mol. The second-order valence-corrected chi connectivity index (χ2v) is 6.87. The molecule has 3 rings (SSSR count). The van der Waals surface area contributed by atoms with E-state index in [0.29, 0.717) is 11.7 Å². The van der Waals surface area contributed by atoms with Crippen molar-refractivity contribution in [2.75, 3.05) is 33.9 Å². The second-order valence-electron chi connectivity index (χ2n) is 6.87. The number of benzene rings is 1. The van der Waals surface area contributed by atoms with Crippen LogP contribution in [0, 0.1) is 0 Å². The molecule has 0 saturated heterocycles. The molecule has 0 aliphatic rings. The minimum Gasteiger partial charge on any atom is -0.497 e. The average Bonchev–Trinajstić information content (AvgIpc) is 3.43. The molecule has 0 amide bonds. The Bertz CT molecular complexity index is 956. The molecule has 0 aliphatic heterocycles. The molecule has 0 aliphatic carbocycles. The zero-order valence-corrected chi connectivity index (χ0v) is 20.4. The highest BCUT2D eigenvalue weighted by atomic mass is 127. The summed E-state index contributed by atoms with van der Waals surface area (Å²) in [5.41, 5.74) is 2.13. The third-order valence-electron chi connectivity index (χ3n) is 4.74. The molecule has 0 radical (unpaired) electrons. The van der Waals surface area contributed by atoms with Gasteiger partial charge in [-0.15, -0.1) is 24.0 Å². The summed E-state index contributed by atoms with van der Waals surface area (Å²) in [4.78, 5) is 7.87. The highest BCUT2D eigenvalue weighted by Crippen LogP contribution is 2.31. The molecule has 1 unspecified atom stereocenters. The maximum Gasteiger partial charge on any atom is 0.191 e. The van der Waals surface area contributed by atoms with Gasteiger partial charge in [0.1, 0.15) is 23.4 Å². The molecule has 1 aromatic carbocycles. The lowest BCUT2D eigenvalue weighted by atomic mass is 10.2. The molecule has 1 atom stereocenters. The van der Waals surface area contributed by atoms with Crippen molar-refractivity contribution in [2.45, 2.75) is 25.9 Å². The van der Waals surface area contributed by atoms with Gasteiger partial charge in [0.15, 0.2) is 5.96 Å². The molecule has 9 heteroatoms. The summed E-state index contributed by atoms with van der Waals surface area (Å²) in [6, 6.07) is 9.47. The molecule has 3 aromatic rings. The highest BCUT2D eigenvalue weighted by Gasteiger charge is 2.11. The fourth-order valence-corrected chi connectivity index (χ4v) is 3.23. The Morgan fingerprint density at radius 1 is 1.23 bits per heavy atom. The number of methoxy groups -OCH3 is 2. The zero-order valence-electron chi connectivity index (χ0n) is 18.1. The number of furan rings is 1. The predicted octanol–water partition coefficient (Wildman–Crippen LogP) is 3.62. The van der Waals surface area contributed by atoms with E-state index in [1.807, 2.05) is 19.1 Å².